The van der Waals surface area contributed by atoms with Crippen LogP contribution >= 0.6 is 0 Å². The van der Waals surface area contributed by atoms with Crippen LogP contribution < -0.4 is 9.47 Å². The van der Waals surface area contributed by atoms with E-state index in [0.717, 1.165) is 18.4 Å². The van der Waals surface area contributed by atoms with E-state index in [1.807, 2.05) is 18.2 Å². The summed E-state index contributed by atoms with van der Waals surface area (Å²) in [6.45, 7) is 2.88. The van der Waals surface area contributed by atoms with Crippen molar-refractivity contribution >= 4 is 15.8 Å². The minimum atomic E-state index is -3.70. The highest BCUT2D eigenvalue weighted by Gasteiger charge is 2.36. The first-order valence-corrected chi connectivity index (χ1v) is 10.4. The molecule has 0 aliphatic carbocycles. The second-order valence-electron chi connectivity index (χ2n) is 6.76. The van der Waals surface area contributed by atoms with Gasteiger partial charge in [0.05, 0.1) is 10.9 Å². The summed E-state index contributed by atoms with van der Waals surface area (Å²) in [6.07, 6.45) is 1.52. The van der Waals surface area contributed by atoms with Gasteiger partial charge < -0.3 is 9.47 Å². The van der Waals surface area contributed by atoms with Crippen molar-refractivity contribution in [3.63, 3.8) is 0 Å². The molecule has 2 heterocycles. The Hall–Kier alpha value is -2.38. The maximum atomic E-state index is 13.2. The third-order valence-corrected chi connectivity index (χ3v) is 6.91. The van der Waals surface area contributed by atoms with Crippen LogP contribution in [-0.2, 0) is 10.0 Å². The van der Waals surface area contributed by atoms with Crippen LogP contribution in [0.2, 0.25) is 0 Å². The van der Waals surface area contributed by atoms with Gasteiger partial charge in [-0.3, -0.25) is 4.79 Å². The molecule has 0 unspecified atom stereocenters. The van der Waals surface area contributed by atoms with Crippen LogP contribution in [0.1, 0.15) is 41.7 Å². The lowest BCUT2D eigenvalue weighted by molar-refractivity contribution is 0.101. The molecule has 2 aromatic rings. The lowest BCUT2D eigenvalue weighted by Gasteiger charge is -2.26. The van der Waals surface area contributed by atoms with Crippen LogP contribution in [0.4, 0.5) is 0 Å². The molecule has 0 radical (unpaired) electrons. The van der Waals surface area contributed by atoms with Crippen LogP contribution in [-0.4, -0.2) is 38.3 Å². The van der Waals surface area contributed by atoms with Crippen LogP contribution in [0.3, 0.4) is 0 Å². The van der Waals surface area contributed by atoms with Crippen molar-refractivity contribution in [2.24, 2.45) is 0 Å². The van der Waals surface area contributed by atoms with Gasteiger partial charge in [-0.25, -0.2) is 8.42 Å². The predicted molar refractivity (Wildman–Crippen MR) is 99.7 cm³/mol. The fourth-order valence-electron chi connectivity index (χ4n) is 3.64. The molecule has 7 heteroatoms. The first-order chi connectivity index (χ1) is 13.0. The average molecular weight is 387 g/mol. The number of sulfonamides is 1. The maximum Gasteiger partial charge on any atom is 0.243 e. The zero-order valence-corrected chi connectivity index (χ0v) is 15.9. The number of hydrogen-bond donors (Lipinski definition) is 0. The Morgan fingerprint density at radius 2 is 1.85 bits per heavy atom. The van der Waals surface area contributed by atoms with Gasteiger partial charge in [0.1, 0.15) is 13.2 Å². The molecule has 0 amide bonds. The highest BCUT2D eigenvalue weighted by atomic mass is 32.2. The number of carbonyl (C=O) groups is 1. The number of benzene rings is 2. The van der Waals surface area contributed by atoms with E-state index in [1.165, 1.54) is 17.3 Å². The molecule has 0 N–H and O–H groups in total. The lowest BCUT2D eigenvalue weighted by atomic mass is 10.0. The molecule has 4 rings (SSSR count). The molecule has 142 valence electrons. The summed E-state index contributed by atoms with van der Waals surface area (Å²) in [4.78, 5) is 11.8. The van der Waals surface area contributed by atoms with Gasteiger partial charge in [0, 0.05) is 12.1 Å². The van der Waals surface area contributed by atoms with Gasteiger partial charge in [0.2, 0.25) is 10.0 Å². The number of ether oxygens (including phenoxy) is 2. The normalized spacial score (nSPS) is 19.8. The number of nitrogens with zero attached hydrogens (tertiary/aromatic N) is 1. The molecule has 0 spiro atoms. The standard InChI is InChI=1S/C20H21NO5S/c1-14(22)15-4-2-5-17(12-15)27(23,24)21-9-3-6-18(21)16-7-8-19-20(13-16)26-11-10-25-19/h2,4-5,7-8,12-13,18H,3,6,9-11H2,1H3/t18-/m1/s1. The number of rotatable bonds is 4. The molecule has 1 saturated heterocycles. The highest BCUT2D eigenvalue weighted by molar-refractivity contribution is 7.89. The van der Waals surface area contributed by atoms with Crippen molar-refractivity contribution in [3.05, 3.63) is 53.6 Å². The third kappa shape index (κ3) is 3.33. The minimum Gasteiger partial charge on any atom is -0.486 e. The van der Waals surface area contributed by atoms with Crippen molar-refractivity contribution in [3.8, 4) is 11.5 Å². The molecule has 6 nitrogen and oxygen atoms in total. The molecule has 1 atom stereocenters. The van der Waals surface area contributed by atoms with Crippen molar-refractivity contribution in [2.75, 3.05) is 19.8 Å². The molecule has 2 aliphatic rings. The van der Waals surface area contributed by atoms with E-state index in [9.17, 15) is 13.2 Å². The molecule has 27 heavy (non-hydrogen) atoms. The smallest absolute Gasteiger partial charge is 0.243 e. The summed E-state index contributed by atoms with van der Waals surface area (Å²) in [5, 5.41) is 0. The van der Waals surface area contributed by atoms with Crippen LogP contribution in [0, 0.1) is 0 Å². The second kappa shape index (κ2) is 6.98. The van der Waals surface area contributed by atoms with Gasteiger partial charge in [-0.2, -0.15) is 4.31 Å². The molecular weight excluding hydrogens is 366 g/mol. The van der Waals surface area contributed by atoms with Crippen molar-refractivity contribution in [2.45, 2.75) is 30.7 Å². The van der Waals surface area contributed by atoms with Crippen molar-refractivity contribution < 1.29 is 22.7 Å². The van der Waals surface area contributed by atoms with Gasteiger partial charge in [-0.15, -0.1) is 0 Å². The molecular formula is C20H21NO5S. The van der Waals surface area contributed by atoms with Crippen LogP contribution in [0.25, 0.3) is 0 Å². The van der Waals surface area contributed by atoms with Crippen LogP contribution in [0.15, 0.2) is 47.4 Å². The summed E-state index contributed by atoms with van der Waals surface area (Å²) in [6, 6.07) is 11.6. The zero-order valence-electron chi connectivity index (χ0n) is 15.1. The monoisotopic (exact) mass is 387 g/mol. The zero-order chi connectivity index (χ0) is 19.0. The quantitative estimate of drug-likeness (QED) is 0.754. The summed E-state index contributed by atoms with van der Waals surface area (Å²) < 4.78 is 39.2. The van der Waals surface area contributed by atoms with E-state index < -0.39 is 10.0 Å². The van der Waals surface area contributed by atoms with E-state index in [2.05, 4.69) is 0 Å². The van der Waals surface area contributed by atoms with Crippen molar-refractivity contribution in [1.82, 2.24) is 4.31 Å². The second-order valence-corrected chi connectivity index (χ2v) is 8.65. The van der Waals surface area contributed by atoms with E-state index >= 15 is 0 Å². The van der Waals surface area contributed by atoms with Crippen LogP contribution in [0.5, 0.6) is 11.5 Å². The topological polar surface area (TPSA) is 72.9 Å². The number of hydrogen-bond acceptors (Lipinski definition) is 5. The Bertz CT molecular complexity index is 986. The number of fused-ring (bicyclic) bond motifs is 1. The number of Topliss-reactive ketones (excluding diaryl/α,β-unsaturated/α-hetero) is 1. The molecule has 2 aromatic carbocycles. The Labute approximate surface area is 158 Å². The Morgan fingerprint density at radius 1 is 1.07 bits per heavy atom. The number of carbonyl (C=O) groups excluding carboxylic acids is 1. The Balaban J connectivity index is 1.68. The van der Waals surface area contributed by atoms with Gasteiger partial charge in [-0.05, 0) is 49.6 Å². The van der Waals surface area contributed by atoms with Gasteiger partial charge in [-0.1, -0.05) is 18.2 Å². The van der Waals surface area contributed by atoms with Gasteiger partial charge in [0.15, 0.2) is 17.3 Å². The summed E-state index contributed by atoms with van der Waals surface area (Å²) in [5.74, 6) is 1.19. The highest BCUT2D eigenvalue weighted by Crippen LogP contribution is 2.40. The predicted octanol–water partition coefficient (Wildman–Crippen LogP) is 3.19. The van der Waals surface area contributed by atoms with Gasteiger partial charge in [0.25, 0.3) is 0 Å². The summed E-state index contributed by atoms with van der Waals surface area (Å²) >= 11 is 0. The van der Waals surface area contributed by atoms with E-state index in [1.54, 1.807) is 18.2 Å². The lowest BCUT2D eigenvalue weighted by Crippen LogP contribution is -2.31. The SMILES string of the molecule is CC(=O)c1cccc(S(=O)(=O)N2CCC[C@@H]2c2ccc3c(c2)OCCO3)c1. The Morgan fingerprint density at radius 3 is 2.63 bits per heavy atom. The molecule has 0 bridgehead atoms. The first kappa shape index (κ1) is 18.0. The average Bonchev–Trinajstić information content (AvgIpc) is 3.18. The third-order valence-electron chi connectivity index (χ3n) is 5.00. The minimum absolute atomic E-state index is 0.152. The van der Waals surface area contributed by atoms with Crippen molar-refractivity contribution in [1.29, 1.82) is 0 Å². The molecule has 0 aromatic heterocycles. The Kier molecular flexibility index (Phi) is 4.65. The molecule has 0 saturated carbocycles. The van der Waals surface area contributed by atoms with E-state index in [4.69, 9.17) is 9.47 Å². The summed E-state index contributed by atoms with van der Waals surface area (Å²) in [7, 11) is -3.70. The van der Waals surface area contributed by atoms with Gasteiger partial charge >= 0.3 is 0 Å². The van der Waals surface area contributed by atoms with E-state index in [-0.39, 0.29) is 16.7 Å². The van der Waals surface area contributed by atoms with E-state index in [0.29, 0.717) is 36.8 Å². The summed E-state index contributed by atoms with van der Waals surface area (Å²) in [5.41, 5.74) is 1.29. The molecule has 1 fully saturated rings. The fourth-order valence-corrected chi connectivity index (χ4v) is 5.37. The molecule has 2 aliphatic heterocycles. The number of ketones is 1. The maximum absolute atomic E-state index is 13.2. The largest absolute Gasteiger partial charge is 0.486 e. The fraction of sp³-hybridized carbons (Fsp3) is 0.350. The first-order valence-electron chi connectivity index (χ1n) is 8.99.